The fourth-order valence-corrected chi connectivity index (χ4v) is 5.16. The van der Waals surface area contributed by atoms with Gasteiger partial charge in [0.25, 0.3) is 5.56 Å². The van der Waals surface area contributed by atoms with Gasteiger partial charge in [0.05, 0.1) is 41.0 Å². The number of hydrogen-bond acceptors (Lipinski definition) is 6. The highest BCUT2D eigenvalue weighted by molar-refractivity contribution is 8.24. The van der Waals surface area contributed by atoms with Crippen molar-refractivity contribution in [3.05, 3.63) is 71.0 Å². The number of rotatable bonds is 4. The standard InChI is InChI=1S/C21H23N5O3S/c27-21-20-16(4-3-5-18(20)24-10-12-30(28,29)13-11-24)14-22-26(21)9-7-17-15-25-8-2-1-6-19(25)23-17/h1-6,8,14-15,28-29H,7,9-13H2. The average Bonchev–Trinajstić information content (AvgIpc) is 3.16. The number of aryl methyl sites for hydroxylation is 2. The van der Waals surface area contributed by atoms with Crippen LogP contribution in [0, 0.1) is 0 Å². The summed E-state index contributed by atoms with van der Waals surface area (Å²) >= 11 is 0. The van der Waals surface area contributed by atoms with Crippen LogP contribution in [0.25, 0.3) is 16.4 Å². The summed E-state index contributed by atoms with van der Waals surface area (Å²) in [5, 5.41) is 5.78. The molecule has 0 aliphatic carbocycles. The van der Waals surface area contributed by atoms with E-state index in [1.807, 2.05) is 53.2 Å². The van der Waals surface area contributed by atoms with Crippen molar-refractivity contribution in [3.63, 3.8) is 0 Å². The van der Waals surface area contributed by atoms with Gasteiger partial charge in [-0.3, -0.25) is 13.9 Å². The Labute approximate surface area is 174 Å². The highest BCUT2D eigenvalue weighted by Gasteiger charge is 2.24. The highest BCUT2D eigenvalue weighted by Crippen LogP contribution is 2.41. The van der Waals surface area contributed by atoms with E-state index in [0.29, 0.717) is 42.9 Å². The summed E-state index contributed by atoms with van der Waals surface area (Å²) in [4.78, 5) is 19.9. The van der Waals surface area contributed by atoms with E-state index in [1.54, 1.807) is 6.20 Å². The van der Waals surface area contributed by atoms with E-state index in [9.17, 15) is 13.9 Å². The average molecular weight is 426 g/mol. The predicted molar refractivity (Wildman–Crippen MR) is 120 cm³/mol. The molecule has 0 atom stereocenters. The van der Waals surface area contributed by atoms with Crippen molar-refractivity contribution in [2.45, 2.75) is 13.0 Å². The summed E-state index contributed by atoms with van der Waals surface area (Å²) in [5.41, 5.74) is 2.48. The minimum absolute atomic E-state index is 0.135. The van der Waals surface area contributed by atoms with Crippen LogP contribution in [0.5, 0.6) is 0 Å². The minimum Gasteiger partial charge on any atom is -0.368 e. The van der Waals surface area contributed by atoms with Gasteiger partial charge in [-0.2, -0.15) is 15.7 Å². The van der Waals surface area contributed by atoms with Crippen LogP contribution in [0.4, 0.5) is 5.69 Å². The van der Waals surface area contributed by atoms with Gasteiger partial charge in [-0.25, -0.2) is 9.67 Å². The quantitative estimate of drug-likeness (QED) is 0.522. The number of anilines is 1. The molecular weight excluding hydrogens is 402 g/mol. The van der Waals surface area contributed by atoms with Gasteiger partial charge in [-0.1, -0.05) is 18.2 Å². The molecule has 9 heteroatoms. The maximum atomic E-state index is 13.3. The zero-order valence-electron chi connectivity index (χ0n) is 16.4. The first kappa shape index (κ1) is 19.1. The van der Waals surface area contributed by atoms with E-state index in [-0.39, 0.29) is 5.56 Å². The maximum absolute atomic E-state index is 13.3. The Kier molecular flexibility index (Phi) is 4.73. The normalized spacial score (nSPS) is 17.5. The number of pyridine rings is 1. The topological polar surface area (TPSA) is 95.9 Å². The summed E-state index contributed by atoms with van der Waals surface area (Å²) < 4.78 is 23.3. The molecule has 1 fully saturated rings. The Morgan fingerprint density at radius 3 is 2.70 bits per heavy atom. The van der Waals surface area contributed by atoms with Gasteiger partial charge in [0.2, 0.25) is 0 Å². The second-order valence-corrected chi connectivity index (χ2v) is 9.98. The molecule has 1 aliphatic heterocycles. The third-order valence-corrected chi connectivity index (χ3v) is 7.24. The number of aromatic nitrogens is 4. The Morgan fingerprint density at radius 2 is 1.90 bits per heavy atom. The van der Waals surface area contributed by atoms with Crippen LogP contribution in [-0.4, -0.2) is 52.9 Å². The second-order valence-electron chi connectivity index (χ2n) is 7.56. The summed E-state index contributed by atoms with van der Waals surface area (Å²) in [6.45, 7) is 1.47. The molecule has 1 aliphatic rings. The SMILES string of the molecule is O=c1c2c(N3CCS(O)(O)CC3)cccc2cnn1CCc1cn2ccccc2n1. The molecule has 4 aromatic rings. The van der Waals surface area contributed by atoms with Gasteiger partial charge >= 0.3 is 0 Å². The molecule has 0 radical (unpaired) electrons. The summed E-state index contributed by atoms with van der Waals surface area (Å²) in [7, 11) is -2.49. The monoisotopic (exact) mass is 425 g/mol. The van der Waals surface area contributed by atoms with Crippen molar-refractivity contribution in [2.24, 2.45) is 0 Å². The highest BCUT2D eigenvalue weighted by atomic mass is 32.3. The van der Waals surface area contributed by atoms with E-state index >= 15 is 0 Å². The van der Waals surface area contributed by atoms with Crippen molar-refractivity contribution < 1.29 is 9.11 Å². The van der Waals surface area contributed by atoms with Gasteiger partial charge in [0.15, 0.2) is 0 Å². The smallest absolute Gasteiger partial charge is 0.276 e. The Morgan fingerprint density at radius 1 is 1.07 bits per heavy atom. The Bertz CT molecular complexity index is 1240. The van der Waals surface area contributed by atoms with Crippen LogP contribution in [0.15, 0.2) is 59.8 Å². The minimum atomic E-state index is -2.49. The number of hydrogen-bond donors (Lipinski definition) is 2. The summed E-state index contributed by atoms with van der Waals surface area (Å²) in [6.07, 6.45) is 6.25. The van der Waals surface area contributed by atoms with E-state index in [4.69, 9.17) is 0 Å². The molecule has 156 valence electrons. The molecule has 4 heterocycles. The molecule has 1 saturated heterocycles. The lowest BCUT2D eigenvalue weighted by molar-refractivity contribution is 0.479. The first-order valence-corrected chi connectivity index (χ1v) is 11.8. The van der Waals surface area contributed by atoms with Crippen LogP contribution in [0.3, 0.4) is 0 Å². The molecule has 30 heavy (non-hydrogen) atoms. The van der Waals surface area contributed by atoms with Gasteiger partial charge < -0.3 is 9.30 Å². The molecule has 1 aromatic carbocycles. The Balaban J connectivity index is 1.45. The van der Waals surface area contributed by atoms with Crippen molar-refractivity contribution in [3.8, 4) is 0 Å². The molecule has 0 spiro atoms. The number of imidazole rings is 1. The summed E-state index contributed by atoms with van der Waals surface area (Å²) in [5.74, 6) is 0.660. The fraction of sp³-hybridized carbons (Fsp3) is 0.286. The molecule has 5 rings (SSSR count). The van der Waals surface area contributed by atoms with Crippen molar-refractivity contribution in [1.82, 2.24) is 19.2 Å². The first-order chi connectivity index (χ1) is 14.5. The first-order valence-electron chi connectivity index (χ1n) is 9.90. The van der Waals surface area contributed by atoms with Crippen molar-refractivity contribution in [2.75, 3.05) is 29.5 Å². The molecule has 3 aromatic heterocycles. The molecule has 8 nitrogen and oxygen atoms in total. The van der Waals surface area contributed by atoms with E-state index in [1.165, 1.54) is 4.68 Å². The van der Waals surface area contributed by atoms with Crippen LogP contribution >= 0.6 is 10.6 Å². The molecule has 0 bridgehead atoms. The van der Waals surface area contributed by atoms with E-state index in [2.05, 4.69) is 15.0 Å². The molecule has 2 N–H and O–H groups in total. The van der Waals surface area contributed by atoms with E-state index < -0.39 is 10.6 Å². The lowest BCUT2D eigenvalue weighted by atomic mass is 10.1. The lowest BCUT2D eigenvalue weighted by Gasteiger charge is -2.42. The lowest BCUT2D eigenvalue weighted by Crippen LogP contribution is -2.39. The van der Waals surface area contributed by atoms with Crippen LogP contribution in [0.1, 0.15) is 5.69 Å². The van der Waals surface area contributed by atoms with Crippen LogP contribution in [0.2, 0.25) is 0 Å². The molecular formula is C21H23N5O3S. The zero-order chi connectivity index (χ0) is 20.7. The second kappa shape index (κ2) is 7.42. The Hall–Kier alpha value is -2.88. The van der Waals surface area contributed by atoms with Gasteiger partial charge in [-0.05, 0) is 18.2 Å². The van der Waals surface area contributed by atoms with E-state index in [0.717, 1.165) is 22.4 Å². The van der Waals surface area contributed by atoms with Crippen LogP contribution < -0.4 is 10.5 Å². The van der Waals surface area contributed by atoms with Crippen molar-refractivity contribution in [1.29, 1.82) is 0 Å². The number of benzene rings is 1. The zero-order valence-corrected chi connectivity index (χ0v) is 17.2. The largest absolute Gasteiger partial charge is 0.368 e. The van der Waals surface area contributed by atoms with Gasteiger partial charge in [0.1, 0.15) is 5.65 Å². The van der Waals surface area contributed by atoms with Gasteiger partial charge in [0, 0.05) is 37.3 Å². The fourth-order valence-electron chi connectivity index (χ4n) is 3.93. The van der Waals surface area contributed by atoms with Crippen LogP contribution in [-0.2, 0) is 13.0 Å². The summed E-state index contributed by atoms with van der Waals surface area (Å²) in [6, 6.07) is 11.6. The van der Waals surface area contributed by atoms with Gasteiger partial charge in [-0.15, -0.1) is 0 Å². The predicted octanol–water partition coefficient (Wildman–Crippen LogP) is 2.86. The number of nitrogens with zero attached hydrogens (tertiary/aromatic N) is 5. The third kappa shape index (κ3) is 3.55. The molecule has 0 amide bonds. The molecule has 0 saturated carbocycles. The maximum Gasteiger partial charge on any atom is 0.276 e. The number of fused-ring (bicyclic) bond motifs is 2. The third-order valence-electron chi connectivity index (χ3n) is 5.57. The molecule has 0 unspecified atom stereocenters. The van der Waals surface area contributed by atoms with Crippen molar-refractivity contribution >= 4 is 32.7 Å².